The highest BCUT2D eigenvalue weighted by molar-refractivity contribution is 7.98. The van der Waals surface area contributed by atoms with E-state index in [1.54, 1.807) is 0 Å². The minimum atomic E-state index is -0.777. The molecule has 2 atom stereocenters. The zero-order valence-electron chi connectivity index (χ0n) is 14.8. The van der Waals surface area contributed by atoms with Crippen molar-refractivity contribution in [2.45, 2.75) is 31.2 Å². The van der Waals surface area contributed by atoms with Gasteiger partial charge < -0.3 is 20.2 Å². The van der Waals surface area contributed by atoms with Crippen molar-refractivity contribution in [1.82, 2.24) is 10.3 Å². The molecule has 0 aliphatic carbocycles. The SMILES string of the molecule is CCC(N)c1nc(C(=O)NC(CSCc2ccccc2)C(=O)OC)co1. The van der Waals surface area contributed by atoms with Crippen molar-refractivity contribution in [3.63, 3.8) is 0 Å². The maximum absolute atomic E-state index is 12.3. The van der Waals surface area contributed by atoms with Gasteiger partial charge in [-0.2, -0.15) is 11.8 Å². The number of benzene rings is 1. The molecule has 26 heavy (non-hydrogen) atoms. The van der Waals surface area contributed by atoms with E-state index in [1.807, 2.05) is 37.3 Å². The summed E-state index contributed by atoms with van der Waals surface area (Å²) in [5, 5.41) is 2.64. The van der Waals surface area contributed by atoms with Crippen molar-refractivity contribution in [1.29, 1.82) is 0 Å². The number of methoxy groups -OCH3 is 1. The highest BCUT2D eigenvalue weighted by Crippen LogP contribution is 2.15. The van der Waals surface area contributed by atoms with Crippen molar-refractivity contribution in [3.05, 3.63) is 53.7 Å². The van der Waals surface area contributed by atoms with Crippen LogP contribution < -0.4 is 11.1 Å². The summed E-state index contributed by atoms with van der Waals surface area (Å²) in [7, 11) is 1.29. The Morgan fingerprint density at radius 1 is 1.35 bits per heavy atom. The molecule has 0 saturated heterocycles. The molecule has 7 nitrogen and oxygen atoms in total. The normalized spacial score (nSPS) is 13.0. The summed E-state index contributed by atoms with van der Waals surface area (Å²) in [6, 6.07) is 8.73. The molecule has 1 heterocycles. The van der Waals surface area contributed by atoms with Crippen LogP contribution in [0.4, 0.5) is 0 Å². The van der Waals surface area contributed by atoms with E-state index in [2.05, 4.69) is 10.3 Å². The highest BCUT2D eigenvalue weighted by atomic mass is 32.2. The van der Waals surface area contributed by atoms with E-state index >= 15 is 0 Å². The van der Waals surface area contributed by atoms with Crippen LogP contribution in [0.1, 0.15) is 41.3 Å². The molecule has 2 unspecified atom stereocenters. The van der Waals surface area contributed by atoms with Crippen LogP contribution in [0.2, 0.25) is 0 Å². The Hall–Kier alpha value is -2.32. The van der Waals surface area contributed by atoms with Gasteiger partial charge in [-0.25, -0.2) is 9.78 Å². The van der Waals surface area contributed by atoms with Gasteiger partial charge in [-0.05, 0) is 12.0 Å². The first-order valence-corrected chi connectivity index (χ1v) is 9.42. The maximum Gasteiger partial charge on any atom is 0.329 e. The second-order valence-corrected chi connectivity index (χ2v) is 6.67. The Bertz CT molecular complexity index is 720. The van der Waals surface area contributed by atoms with E-state index in [0.29, 0.717) is 18.1 Å². The van der Waals surface area contributed by atoms with Gasteiger partial charge >= 0.3 is 5.97 Å². The number of carbonyl (C=O) groups excluding carboxylic acids is 2. The first kappa shape index (κ1) is 20.0. The fourth-order valence-corrected chi connectivity index (χ4v) is 3.15. The molecule has 0 radical (unpaired) electrons. The zero-order chi connectivity index (χ0) is 18.9. The first-order chi connectivity index (χ1) is 12.5. The minimum Gasteiger partial charge on any atom is -0.467 e. The lowest BCUT2D eigenvalue weighted by Gasteiger charge is -2.15. The van der Waals surface area contributed by atoms with Crippen molar-refractivity contribution < 1.29 is 18.7 Å². The zero-order valence-corrected chi connectivity index (χ0v) is 15.6. The number of hydrogen-bond donors (Lipinski definition) is 2. The molecule has 0 aliphatic rings. The van der Waals surface area contributed by atoms with Gasteiger partial charge in [-0.15, -0.1) is 0 Å². The number of nitrogens with two attached hydrogens (primary N) is 1. The highest BCUT2D eigenvalue weighted by Gasteiger charge is 2.24. The predicted octanol–water partition coefficient (Wildman–Crippen LogP) is 2.29. The number of ether oxygens (including phenoxy) is 1. The molecular weight excluding hydrogens is 354 g/mol. The van der Waals surface area contributed by atoms with Crippen LogP contribution >= 0.6 is 11.8 Å². The summed E-state index contributed by atoms with van der Waals surface area (Å²) in [5.41, 5.74) is 7.06. The number of thioether (sulfide) groups is 1. The largest absolute Gasteiger partial charge is 0.467 e. The molecule has 1 aromatic heterocycles. The Morgan fingerprint density at radius 3 is 2.73 bits per heavy atom. The van der Waals surface area contributed by atoms with Gasteiger partial charge in [0, 0.05) is 11.5 Å². The number of aromatic nitrogens is 1. The van der Waals surface area contributed by atoms with E-state index in [-0.39, 0.29) is 11.7 Å². The molecule has 1 amide bonds. The van der Waals surface area contributed by atoms with E-state index < -0.39 is 17.9 Å². The number of nitrogens with zero attached hydrogens (tertiary/aromatic N) is 1. The third-order valence-electron chi connectivity index (χ3n) is 3.70. The number of rotatable bonds is 9. The smallest absolute Gasteiger partial charge is 0.329 e. The van der Waals surface area contributed by atoms with Crippen molar-refractivity contribution >= 4 is 23.6 Å². The van der Waals surface area contributed by atoms with Crippen molar-refractivity contribution in [2.75, 3.05) is 12.9 Å². The first-order valence-electron chi connectivity index (χ1n) is 8.26. The van der Waals surface area contributed by atoms with Gasteiger partial charge in [-0.3, -0.25) is 4.79 Å². The van der Waals surface area contributed by atoms with E-state index in [4.69, 9.17) is 14.9 Å². The van der Waals surface area contributed by atoms with Crippen LogP contribution in [-0.4, -0.2) is 35.8 Å². The van der Waals surface area contributed by atoms with Crippen molar-refractivity contribution in [3.8, 4) is 0 Å². The Morgan fingerprint density at radius 2 is 2.08 bits per heavy atom. The monoisotopic (exact) mass is 377 g/mol. The quantitative estimate of drug-likeness (QED) is 0.646. The second-order valence-electron chi connectivity index (χ2n) is 5.64. The van der Waals surface area contributed by atoms with E-state index in [9.17, 15) is 9.59 Å². The Balaban J connectivity index is 1.95. The molecule has 0 fully saturated rings. The fraction of sp³-hybridized carbons (Fsp3) is 0.389. The molecular formula is C18H23N3O4S. The van der Waals surface area contributed by atoms with Gasteiger partial charge in [0.1, 0.15) is 12.3 Å². The molecule has 8 heteroatoms. The van der Waals surface area contributed by atoms with Gasteiger partial charge in [0.2, 0.25) is 5.89 Å². The lowest BCUT2D eigenvalue weighted by Crippen LogP contribution is -2.43. The lowest BCUT2D eigenvalue weighted by molar-refractivity contribution is -0.142. The van der Waals surface area contributed by atoms with Gasteiger partial charge in [0.25, 0.3) is 5.91 Å². The number of esters is 1. The number of nitrogens with one attached hydrogen (secondary N) is 1. The summed E-state index contributed by atoms with van der Waals surface area (Å²) in [4.78, 5) is 28.4. The van der Waals surface area contributed by atoms with Crippen LogP contribution in [0.25, 0.3) is 0 Å². The summed E-state index contributed by atoms with van der Waals surface area (Å²) in [6.07, 6.45) is 1.88. The van der Waals surface area contributed by atoms with Crippen LogP contribution in [0.5, 0.6) is 0 Å². The summed E-state index contributed by atoms with van der Waals surface area (Å²) < 4.78 is 10.0. The minimum absolute atomic E-state index is 0.0888. The summed E-state index contributed by atoms with van der Waals surface area (Å²) in [5.74, 6) is 0.397. The molecule has 3 N–H and O–H groups in total. The van der Waals surface area contributed by atoms with Crippen LogP contribution in [0, 0.1) is 0 Å². The van der Waals surface area contributed by atoms with Gasteiger partial charge in [-0.1, -0.05) is 37.3 Å². The lowest BCUT2D eigenvalue weighted by atomic mass is 10.2. The predicted molar refractivity (Wildman–Crippen MR) is 99.6 cm³/mol. The average Bonchev–Trinajstić information content (AvgIpc) is 3.17. The van der Waals surface area contributed by atoms with Gasteiger partial charge in [0.15, 0.2) is 5.69 Å². The van der Waals surface area contributed by atoms with Crippen LogP contribution in [0.3, 0.4) is 0 Å². The van der Waals surface area contributed by atoms with Crippen molar-refractivity contribution in [2.24, 2.45) is 5.73 Å². The van der Waals surface area contributed by atoms with Crippen LogP contribution in [-0.2, 0) is 15.3 Å². The molecule has 2 rings (SSSR count). The van der Waals surface area contributed by atoms with E-state index in [0.717, 1.165) is 11.3 Å². The number of carbonyl (C=O) groups is 2. The molecule has 0 bridgehead atoms. The summed E-state index contributed by atoms with van der Waals surface area (Å²) >= 11 is 1.53. The Kier molecular flexibility index (Phi) is 7.68. The average molecular weight is 377 g/mol. The maximum atomic E-state index is 12.3. The fourth-order valence-electron chi connectivity index (χ4n) is 2.15. The molecule has 0 spiro atoms. The standard InChI is InChI=1S/C18H23N3O4S/c1-3-13(19)17-21-14(9-25-17)16(22)20-15(18(23)24-2)11-26-10-12-7-5-4-6-8-12/h4-9,13,15H,3,10-11,19H2,1-2H3,(H,20,22). The third-order valence-corrected chi connectivity index (χ3v) is 4.81. The summed E-state index contributed by atoms with van der Waals surface area (Å²) in [6.45, 7) is 1.89. The molecule has 0 aliphatic heterocycles. The van der Waals surface area contributed by atoms with E-state index in [1.165, 1.54) is 25.1 Å². The molecule has 1 aromatic carbocycles. The second kappa shape index (κ2) is 9.98. The number of hydrogen-bond acceptors (Lipinski definition) is 7. The molecule has 140 valence electrons. The third kappa shape index (κ3) is 5.60. The molecule has 0 saturated carbocycles. The number of amides is 1. The topological polar surface area (TPSA) is 107 Å². The molecule has 2 aromatic rings. The number of oxazole rings is 1. The van der Waals surface area contributed by atoms with Crippen LogP contribution in [0.15, 0.2) is 41.0 Å². The Labute approximate surface area is 156 Å². The van der Waals surface area contributed by atoms with Gasteiger partial charge in [0.05, 0.1) is 13.2 Å².